The Bertz CT molecular complexity index is 280. The third kappa shape index (κ3) is 3.84. The number of nitrogens with zero attached hydrogens (tertiary/aromatic N) is 1. The number of carbonyl (C=O) groups excluding carboxylic acids is 1. The molecular formula is C14H24N2O. The Kier molecular flexibility index (Phi) is 4.60. The maximum absolute atomic E-state index is 11.9. The maximum Gasteiger partial charge on any atom is 0.246 e. The summed E-state index contributed by atoms with van der Waals surface area (Å²) in [5, 5.41) is 0. The molecule has 0 aromatic carbocycles. The second-order valence-electron chi connectivity index (χ2n) is 5.44. The fraction of sp³-hybridized carbons (Fsp3) is 0.786. The lowest BCUT2D eigenvalue weighted by Gasteiger charge is -2.14. The number of carbonyl (C=O) groups is 1. The predicted molar refractivity (Wildman–Crippen MR) is 69.5 cm³/mol. The maximum atomic E-state index is 11.9. The lowest BCUT2D eigenvalue weighted by molar-refractivity contribution is -0.125. The average molecular weight is 236 g/mol. The van der Waals surface area contributed by atoms with Gasteiger partial charge in [0.15, 0.2) is 0 Å². The molecule has 1 saturated heterocycles. The van der Waals surface area contributed by atoms with E-state index in [4.69, 9.17) is 5.73 Å². The van der Waals surface area contributed by atoms with Crippen LogP contribution in [-0.4, -0.2) is 29.9 Å². The van der Waals surface area contributed by atoms with Crippen LogP contribution in [-0.2, 0) is 4.79 Å². The molecule has 2 rings (SSSR count). The molecule has 96 valence electrons. The molecule has 1 aliphatic carbocycles. The Morgan fingerprint density at radius 1 is 1.12 bits per heavy atom. The van der Waals surface area contributed by atoms with Gasteiger partial charge >= 0.3 is 0 Å². The van der Waals surface area contributed by atoms with Crippen LogP contribution in [0.4, 0.5) is 0 Å². The molecule has 1 aliphatic heterocycles. The molecule has 2 N–H and O–H groups in total. The van der Waals surface area contributed by atoms with Gasteiger partial charge in [-0.1, -0.05) is 31.8 Å². The first-order valence-electron chi connectivity index (χ1n) is 6.98. The number of hydrogen-bond acceptors (Lipinski definition) is 2. The molecule has 1 unspecified atom stereocenters. The molecule has 1 amide bonds. The van der Waals surface area contributed by atoms with Crippen LogP contribution >= 0.6 is 0 Å². The number of amides is 1. The Labute approximate surface area is 104 Å². The predicted octanol–water partition coefficient (Wildman–Crippen LogP) is 2.07. The summed E-state index contributed by atoms with van der Waals surface area (Å²) in [6.07, 6.45) is 12.7. The lowest BCUT2D eigenvalue weighted by Crippen LogP contribution is -2.30. The van der Waals surface area contributed by atoms with Crippen molar-refractivity contribution in [3.63, 3.8) is 0 Å². The van der Waals surface area contributed by atoms with Gasteiger partial charge in [0, 0.05) is 19.1 Å². The minimum absolute atomic E-state index is 0.155. The zero-order valence-electron chi connectivity index (χ0n) is 10.6. The van der Waals surface area contributed by atoms with Gasteiger partial charge < -0.3 is 10.6 Å². The van der Waals surface area contributed by atoms with E-state index in [0.29, 0.717) is 5.92 Å². The van der Waals surface area contributed by atoms with Gasteiger partial charge in [0.25, 0.3) is 0 Å². The third-order valence-electron chi connectivity index (χ3n) is 3.95. The second kappa shape index (κ2) is 6.20. The third-order valence-corrected chi connectivity index (χ3v) is 3.95. The van der Waals surface area contributed by atoms with E-state index in [1.807, 2.05) is 4.90 Å². The molecule has 0 spiro atoms. The smallest absolute Gasteiger partial charge is 0.246 e. The summed E-state index contributed by atoms with van der Waals surface area (Å²) in [6, 6.07) is 0.185. The highest BCUT2D eigenvalue weighted by Crippen LogP contribution is 2.23. The fourth-order valence-corrected chi connectivity index (χ4v) is 2.81. The van der Waals surface area contributed by atoms with Gasteiger partial charge in [-0.15, -0.1) is 0 Å². The van der Waals surface area contributed by atoms with E-state index in [-0.39, 0.29) is 11.9 Å². The van der Waals surface area contributed by atoms with Gasteiger partial charge in [-0.25, -0.2) is 0 Å². The summed E-state index contributed by atoms with van der Waals surface area (Å²) in [4.78, 5) is 13.8. The number of rotatable bonds is 2. The van der Waals surface area contributed by atoms with Crippen LogP contribution < -0.4 is 5.73 Å². The van der Waals surface area contributed by atoms with E-state index in [2.05, 4.69) is 6.08 Å². The summed E-state index contributed by atoms with van der Waals surface area (Å²) in [7, 11) is 0. The van der Waals surface area contributed by atoms with Crippen molar-refractivity contribution in [1.82, 2.24) is 4.90 Å². The standard InChI is InChI=1S/C14H24N2O/c15-13-9-10-16(11-13)14(17)8-7-12-5-3-1-2-4-6-12/h7-8,12-13H,1-6,9-11,15H2/b8-7+. The van der Waals surface area contributed by atoms with Gasteiger partial charge in [-0.05, 0) is 31.3 Å². The van der Waals surface area contributed by atoms with Crippen molar-refractivity contribution >= 4 is 5.91 Å². The van der Waals surface area contributed by atoms with Crippen molar-refractivity contribution in [2.24, 2.45) is 11.7 Å². The minimum Gasteiger partial charge on any atom is -0.338 e. The molecule has 0 aromatic heterocycles. The van der Waals surface area contributed by atoms with E-state index in [0.717, 1.165) is 19.5 Å². The second-order valence-corrected chi connectivity index (χ2v) is 5.44. The van der Waals surface area contributed by atoms with Crippen LogP contribution in [0.15, 0.2) is 12.2 Å². The van der Waals surface area contributed by atoms with Crippen molar-refractivity contribution in [2.45, 2.75) is 51.0 Å². The minimum atomic E-state index is 0.155. The molecule has 1 saturated carbocycles. The Balaban J connectivity index is 1.80. The van der Waals surface area contributed by atoms with E-state index in [9.17, 15) is 4.79 Å². The first-order valence-corrected chi connectivity index (χ1v) is 6.98. The van der Waals surface area contributed by atoms with Crippen LogP contribution in [0, 0.1) is 5.92 Å². The van der Waals surface area contributed by atoms with E-state index in [1.165, 1.54) is 38.5 Å². The van der Waals surface area contributed by atoms with Crippen molar-refractivity contribution in [3.8, 4) is 0 Å². The number of nitrogens with two attached hydrogens (primary N) is 1. The van der Waals surface area contributed by atoms with E-state index >= 15 is 0 Å². The van der Waals surface area contributed by atoms with Gasteiger partial charge in [0.1, 0.15) is 0 Å². The number of hydrogen-bond donors (Lipinski definition) is 1. The lowest BCUT2D eigenvalue weighted by atomic mass is 10.00. The Hall–Kier alpha value is -0.830. The SMILES string of the molecule is NC1CCN(C(=O)/C=C/C2CCCCCC2)C1. The van der Waals surface area contributed by atoms with E-state index < -0.39 is 0 Å². The Morgan fingerprint density at radius 2 is 1.82 bits per heavy atom. The summed E-state index contributed by atoms with van der Waals surface area (Å²) < 4.78 is 0. The van der Waals surface area contributed by atoms with Crippen LogP contribution in [0.2, 0.25) is 0 Å². The number of likely N-dealkylation sites (tertiary alicyclic amines) is 1. The van der Waals surface area contributed by atoms with Gasteiger partial charge in [0.05, 0.1) is 0 Å². The number of allylic oxidation sites excluding steroid dienone is 1. The highest BCUT2D eigenvalue weighted by molar-refractivity contribution is 5.87. The van der Waals surface area contributed by atoms with Crippen LogP contribution in [0.25, 0.3) is 0 Å². The largest absolute Gasteiger partial charge is 0.338 e. The topological polar surface area (TPSA) is 46.3 Å². The zero-order valence-corrected chi connectivity index (χ0v) is 10.6. The first-order chi connectivity index (χ1) is 8.25. The fourth-order valence-electron chi connectivity index (χ4n) is 2.81. The highest BCUT2D eigenvalue weighted by atomic mass is 16.2. The molecule has 0 bridgehead atoms. The summed E-state index contributed by atoms with van der Waals surface area (Å²) in [5.41, 5.74) is 5.80. The average Bonchev–Trinajstić information content (AvgIpc) is 2.61. The van der Waals surface area contributed by atoms with E-state index in [1.54, 1.807) is 6.08 Å². The molecule has 0 radical (unpaired) electrons. The molecule has 2 aliphatic rings. The van der Waals surface area contributed by atoms with Crippen LogP contribution in [0.3, 0.4) is 0 Å². The quantitative estimate of drug-likeness (QED) is 0.589. The molecule has 3 heteroatoms. The molecule has 0 aromatic rings. The Morgan fingerprint density at radius 3 is 2.41 bits per heavy atom. The highest BCUT2D eigenvalue weighted by Gasteiger charge is 2.22. The molecule has 1 atom stereocenters. The van der Waals surface area contributed by atoms with Crippen LogP contribution in [0.5, 0.6) is 0 Å². The van der Waals surface area contributed by atoms with Gasteiger partial charge in [-0.3, -0.25) is 4.79 Å². The van der Waals surface area contributed by atoms with Gasteiger partial charge in [-0.2, -0.15) is 0 Å². The van der Waals surface area contributed by atoms with Crippen molar-refractivity contribution in [2.75, 3.05) is 13.1 Å². The van der Waals surface area contributed by atoms with Crippen molar-refractivity contribution in [3.05, 3.63) is 12.2 Å². The summed E-state index contributed by atoms with van der Waals surface area (Å²) in [6.45, 7) is 1.56. The van der Waals surface area contributed by atoms with Gasteiger partial charge in [0.2, 0.25) is 5.91 Å². The summed E-state index contributed by atoms with van der Waals surface area (Å²) >= 11 is 0. The first kappa shape index (κ1) is 12.6. The molecule has 17 heavy (non-hydrogen) atoms. The summed E-state index contributed by atoms with van der Waals surface area (Å²) in [5.74, 6) is 0.778. The zero-order chi connectivity index (χ0) is 12.1. The van der Waals surface area contributed by atoms with Crippen molar-refractivity contribution in [1.29, 1.82) is 0 Å². The monoisotopic (exact) mass is 236 g/mol. The van der Waals surface area contributed by atoms with Crippen molar-refractivity contribution < 1.29 is 4.79 Å². The molecular weight excluding hydrogens is 212 g/mol. The molecule has 3 nitrogen and oxygen atoms in total. The normalized spacial score (nSPS) is 27.6. The molecule has 2 fully saturated rings. The molecule has 1 heterocycles. The van der Waals surface area contributed by atoms with Crippen LogP contribution in [0.1, 0.15) is 44.9 Å².